The predicted molar refractivity (Wildman–Crippen MR) is 69.6 cm³/mol. The van der Waals surface area contributed by atoms with Crippen molar-refractivity contribution < 1.29 is 9.50 Å². The molecule has 1 N–H and O–H groups in total. The average molecular weight is 270 g/mol. The molecule has 0 spiro atoms. The molecule has 3 aromatic rings. The number of aliphatic hydroxyl groups excluding tert-OH is 1. The Morgan fingerprint density at radius 1 is 1.10 bits per heavy atom. The molecule has 2 aromatic heterocycles. The number of benzene rings is 1. The summed E-state index contributed by atoms with van der Waals surface area (Å²) in [6, 6.07) is 10.7. The van der Waals surface area contributed by atoms with Crippen molar-refractivity contribution in [1.82, 2.24) is 20.0 Å². The van der Waals surface area contributed by atoms with Crippen LogP contribution < -0.4 is 0 Å². The molecule has 1 aromatic carbocycles. The minimum atomic E-state index is -1.16. The molecule has 5 nitrogen and oxygen atoms in total. The number of para-hydroxylation sites is 1. The first-order valence-electron chi connectivity index (χ1n) is 6.01. The third-order valence-corrected chi connectivity index (χ3v) is 2.95. The molecule has 0 amide bonds. The van der Waals surface area contributed by atoms with Crippen molar-refractivity contribution in [2.45, 2.75) is 6.10 Å². The SMILES string of the molecule is OC(c1ccncc1F)c1cnnn1-c1ccccc1. The van der Waals surface area contributed by atoms with Gasteiger partial charge < -0.3 is 5.11 Å². The molecule has 0 saturated heterocycles. The Kier molecular flexibility index (Phi) is 3.22. The van der Waals surface area contributed by atoms with Crippen molar-refractivity contribution >= 4 is 0 Å². The van der Waals surface area contributed by atoms with Gasteiger partial charge in [-0.3, -0.25) is 4.98 Å². The van der Waals surface area contributed by atoms with E-state index in [0.29, 0.717) is 5.69 Å². The number of hydrogen-bond acceptors (Lipinski definition) is 4. The fraction of sp³-hybridized carbons (Fsp3) is 0.0714. The number of rotatable bonds is 3. The second kappa shape index (κ2) is 5.18. The summed E-state index contributed by atoms with van der Waals surface area (Å²) in [6.45, 7) is 0. The maximum absolute atomic E-state index is 13.7. The van der Waals surface area contributed by atoms with E-state index in [1.807, 2.05) is 30.3 Å². The van der Waals surface area contributed by atoms with Crippen LogP contribution in [0.3, 0.4) is 0 Å². The lowest BCUT2D eigenvalue weighted by Gasteiger charge is -2.13. The Bertz CT molecular complexity index is 714. The van der Waals surface area contributed by atoms with Crippen molar-refractivity contribution in [1.29, 1.82) is 0 Å². The van der Waals surface area contributed by atoms with Crippen molar-refractivity contribution in [2.75, 3.05) is 0 Å². The van der Waals surface area contributed by atoms with Gasteiger partial charge in [-0.1, -0.05) is 23.4 Å². The lowest BCUT2D eigenvalue weighted by atomic mass is 10.1. The molecule has 0 bridgehead atoms. The molecule has 6 heteroatoms. The van der Waals surface area contributed by atoms with Gasteiger partial charge in [-0.25, -0.2) is 9.07 Å². The summed E-state index contributed by atoms with van der Waals surface area (Å²) in [5.41, 5.74) is 1.27. The molecule has 0 fully saturated rings. The van der Waals surface area contributed by atoms with Crippen LogP contribution in [-0.2, 0) is 0 Å². The normalized spacial score (nSPS) is 12.3. The van der Waals surface area contributed by atoms with Crippen LogP contribution in [0.2, 0.25) is 0 Å². The van der Waals surface area contributed by atoms with Crippen LogP contribution in [-0.4, -0.2) is 25.1 Å². The molecular formula is C14H11FN4O. The van der Waals surface area contributed by atoms with E-state index in [1.165, 1.54) is 23.1 Å². The Labute approximate surface area is 114 Å². The van der Waals surface area contributed by atoms with Crippen LogP contribution in [0, 0.1) is 5.82 Å². The van der Waals surface area contributed by atoms with Crippen LogP contribution in [0.5, 0.6) is 0 Å². The second-order valence-corrected chi connectivity index (χ2v) is 4.21. The summed E-state index contributed by atoms with van der Waals surface area (Å²) in [4.78, 5) is 3.67. The highest BCUT2D eigenvalue weighted by molar-refractivity contribution is 5.34. The zero-order valence-corrected chi connectivity index (χ0v) is 10.4. The van der Waals surface area contributed by atoms with Gasteiger partial charge >= 0.3 is 0 Å². The lowest BCUT2D eigenvalue weighted by molar-refractivity contribution is 0.206. The Hall–Kier alpha value is -2.60. The molecule has 0 radical (unpaired) electrons. The van der Waals surface area contributed by atoms with Crippen molar-refractivity contribution in [3.05, 3.63) is 72.1 Å². The molecule has 0 aliphatic rings. The topological polar surface area (TPSA) is 63.8 Å². The fourth-order valence-electron chi connectivity index (χ4n) is 1.97. The van der Waals surface area contributed by atoms with Gasteiger partial charge in [0, 0.05) is 11.8 Å². The highest BCUT2D eigenvalue weighted by Crippen LogP contribution is 2.24. The Morgan fingerprint density at radius 2 is 1.90 bits per heavy atom. The van der Waals surface area contributed by atoms with Gasteiger partial charge in [0.15, 0.2) is 0 Å². The van der Waals surface area contributed by atoms with Gasteiger partial charge in [-0.2, -0.15) is 0 Å². The van der Waals surface area contributed by atoms with Crippen LogP contribution in [0.25, 0.3) is 5.69 Å². The molecule has 20 heavy (non-hydrogen) atoms. The number of hydrogen-bond donors (Lipinski definition) is 1. The minimum absolute atomic E-state index is 0.138. The van der Waals surface area contributed by atoms with Crippen LogP contribution in [0.15, 0.2) is 55.0 Å². The first-order chi connectivity index (χ1) is 9.77. The van der Waals surface area contributed by atoms with Crippen molar-refractivity contribution in [3.63, 3.8) is 0 Å². The first kappa shape index (κ1) is 12.4. The van der Waals surface area contributed by atoms with Gasteiger partial charge in [0.05, 0.1) is 23.8 Å². The third-order valence-electron chi connectivity index (χ3n) is 2.95. The van der Waals surface area contributed by atoms with E-state index in [0.717, 1.165) is 11.9 Å². The first-order valence-corrected chi connectivity index (χ1v) is 6.01. The van der Waals surface area contributed by atoms with E-state index in [9.17, 15) is 9.50 Å². The molecule has 0 aliphatic carbocycles. The lowest BCUT2D eigenvalue weighted by Crippen LogP contribution is -2.10. The van der Waals surface area contributed by atoms with Gasteiger partial charge in [-0.15, -0.1) is 5.10 Å². The summed E-state index contributed by atoms with van der Waals surface area (Å²) >= 11 is 0. The minimum Gasteiger partial charge on any atom is -0.382 e. The van der Waals surface area contributed by atoms with E-state index in [-0.39, 0.29) is 5.56 Å². The number of pyridine rings is 1. The molecular weight excluding hydrogens is 259 g/mol. The van der Waals surface area contributed by atoms with Crippen molar-refractivity contribution in [3.8, 4) is 5.69 Å². The maximum atomic E-state index is 13.7. The second-order valence-electron chi connectivity index (χ2n) is 4.21. The highest BCUT2D eigenvalue weighted by atomic mass is 19.1. The van der Waals surface area contributed by atoms with Crippen LogP contribution in [0.4, 0.5) is 4.39 Å². The average Bonchev–Trinajstić information content (AvgIpc) is 2.97. The number of aliphatic hydroxyl groups is 1. The summed E-state index contributed by atoms with van der Waals surface area (Å²) in [6.07, 6.45) is 2.75. The van der Waals surface area contributed by atoms with Gasteiger partial charge in [0.25, 0.3) is 0 Å². The zero-order valence-electron chi connectivity index (χ0n) is 10.4. The highest BCUT2D eigenvalue weighted by Gasteiger charge is 2.20. The summed E-state index contributed by atoms with van der Waals surface area (Å²) in [7, 11) is 0. The largest absolute Gasteiger partial charge is 0.382 e. The van der Waals surface area contributed by atoms with E-state index in [1.54, 1.807) is 0 Å². The van der Waals surface area contributed by atoms with E-state index >= 15 is 0 Å². The zero-order chi connectivity index (χ0) is 13.9. The maximum Gasteiger partial charge on any atom is 0.147 e. The number of halogens is 1. The Morgan fingerprint density at radius 3 is 2.65 bits per heavy atom. The molecule has 100 valence electrons. The fourth-order valence-corrected chi connectivity index (χ4v) is 1.97. The molecule has 2 heterocycles. The third kappa shape index (κ3) is 2.17. The smallest absolute Gasteiger partial charge is 0.147 e. The van der Waals surface area contributed by atoms with E-state index < -0.39 is 11.9 Å². The summed E-state index contributed by atoms with van der Waals surface area (Å²) in [5.74, 6) is -0.569. The number of nitrogens with zero attached hydrogens (tertiary/aromatic N) is 4. The van der Waals surface area contributed by atoms with Crippen molar-refractivity contribution in [2.24, 2.45) is 0 Å². The standard InChI is InChI=1S/C14H11FN4O/c15-12-8-16-7-6-11(12)14(20)13-9-17-18-19(13)10-4-2-1-3-5-10/h1-9,14,20H. The number of aromatic nitrogens is 4. The Balaban J connectivity index is 2.04. The monoisotopic (exact) mass is 270 g/mol. The molecule has 1 atom stereocenters. The van der Waals surface area contributed by atoms with E-state index in [4.69, 9.17) is 0 Å². The molecule has 1 unspecified atom stereocenters. The predicted octanol–water partition coefficient (Wildman–Crippen LogP) is 1.88. The molecule has 3 rings (SSSR count). The molecule has 0 saturated carbocycles. The van der Waals surface area contributed by atoms with Gasteiger partial charge in [0.2, 0.25) is 0 Å². The molecule has 0 aliphatic heterocycles. The van der Waals surface area contributed by atoms with Gasteiger partial charge in [-0.05, 0) is 18.2 Å². The summed E-state index contributed by atoms with van der Waals surface area (Å²) < 4.78 is 15.2. The van der Waals surface area contributed by atoms with Crippen LogP contribution >= 0.6 is 0 Å². The quantitative estimate of drug-likeness (QED) is 0.789. The summed E-state index contributed by atoms with van der Waals surface area (Å²) in [5, 5.41) is 18.1. The van der Waals surface area contributed by atoms with Crippen LogP contribution in [0.1, 0.15) is 17.4 Å². The van der Waals surface area contributed by atoms with Gasteiger partial charge in [0.1, 0.15) is 11.9 Å². The van der Waals surface area contributed by atoms with E-state index in [2.05, 4.69) is 15.3 Å².